The second-order valence-corrected chi connectivity index (χ2v) is 5.89. The molecule has 2 aromatic carbocycles. The van der Waals surface area contributed by atoms with E-state index in [9.17, 15) is 4.79 Å². The molecule has 108 valence electrons. The van der Waals surface area contributed by atoms with Gasteiger partial charge in [-0.3, -0.25) is 4.79 Å². The molecule has 3 heteroatoms. The van der Waals surface area contributed by atoms with Gasteiger partial charge in [-0.05, 0) is 43.5 Å². The summed E-state index contributed by atoms with van der Waals surface area (Å²) in [6.07, 6.45) is 0.813. The first kappa shape index (κ1) is 13.8. The fourth-order valence-corrected chi connectivity index (χ4v) is 3.14. The molecule has 1 amide bonds. The number of rotatable bonds is 2. The maximum Gasteiger partial charge on any atom is 0.251 e. The Morgan fingerprint density at radius 2 is 1.81 bits per heavy atom. The minimum atomic E-state index is -0.102. The molecule has 1 aliphatic rings. The smallest absolute Gasteiger partial charge is 0.251 e. The van der Waals surface area contributed by atoms with Gasteiger partial charge in [-0.2, -0.15) is 0 Å². The maximum absolute atomic E-state index is 12.5. The molecule has 0 bridgehead atoms. The summed E-state index contributed by atoms with van der Waals surface area (Å²) in [6.45, 7) is 4.00. The molecular weight excluding hydrogens is 260 g/mol. The molecule has 1 aliphatic carbocycles. The number of aryl methyl sites for hydroxylation is 2. The molecular formula is C18H20N2O. The Hall–Kier alpha value is -2.13. The topological polar surface area (TPSA) is 55.1 Å². The van der Waals surface area contributed by atoms with Crippen LogP contribution in [-0.2, 0) is 6.42 Å². The summed E-state index contributed by atoms with van der Waals surface area (Å²) >= 11 is 0. The summed E-state index contributed by atoms with van der Waals surface area (Å²) in [4.78, 5) is 12.5. The van der Waals surface area contributed by atoms with Gasteiger partial charge < -0.3 is 11.1 Å². The zero-order valence-corrected chi connectivity index (χ0v) is 12.4. The standard InChI is InChI=1S/C18H20N2O/c1-11-7-12(2)9-14(8-11)18(21)20-17-15-6-4-3-5-13(15)10-16(17)19/h3-9,16-17H,10,19H2,1-2H3,(H,20,21)/t16-,17-/m1/s1. The van der Waals surface area contributed by atoms with Gasteiger partial charge >= 0.3 is 0 Å². The van der Waals surface area contributed by atoms with Crippen LogP contribution in [0.4, 0.5) is 0 Å². The number of nitrogens with two attached hydrogens (primary N) is 1. The first-order valence-corrected chi connectivity index (χ1v) is 7.27. The third-order valence-corrected chi connectivity index (χ3v) is 4.04. The summed E-state index contributed by atoms with van der Waals surface area (Å²) in [6, 6.07) is 13.9. The van der Waals surface area contributed by atoms with Gasteiger partial charge in [-0.25, -0.2) is 0 Å². The molecule has 0 spiro atoms. The summed E-state index contributed by atoms with van der Waals surface area (Å²) in [5.41, 5.74) is 11.5. The van der Waals surface area contributed by atoms with Crippen molar-refractivity contribution in [2.75, 3.05) is 0 Å². The monoisotopic (exact) mass is 280 g/mol. The van der Waals surface area contributed by atoms with E-state index in [2.05, 4.69) is 23.5 Å². The van der Waals surface area contributed by atoms with Crippen LogP contribution in [0.3, 0.4) is 0 Å². The molecule has 0 saturated heterocycles. The number of amides is 1. The molecule has 0 radical (unpaired) electrons. The Kier molecular flexibility index (Phi) is 3.52. The zero-order valence-electron chi connectivity index (χ0n) is 12.4. The first-order chi connectivity index (χ1) is 10.0. The van der Waals surface area contributed by atoms with Gasteiger partial charge in [0.25, 0.3) is 5.91 Å². The second kappa shape index (κ2) is 5.34. The van der Waals surface area contributed by atoms with E-state index >= 15 is 0 Å². The van der Waals surface area contributed by atoms with Crippen molar-refractivity contribution in [1.82, 2.24) is 5.32 Å². The largest absolute Gasteiger partial charge is 0.344 e. The number of benzene rings is 2. The van der Waals surface area contributed by atoms with Gasteiger partial charge in [0.2, 0.25) is 0 Å². The summed E-state index contributed by atoms with van der Waals surface area (Å²) in [7, 11) is 0. The molecule has 0 aromatic heterocycles. The van der Waals surface area contributed by atoms with Crippen molar-refractivity contribution < 1.29 is 4.79 Å². The highest BCUT2D eigenvalue weighted by Crippen LogP contribution is 2.30. The van der Waals surface area contributed by atoms with E-state index in [4.69, 9.17) is 5.73 Å². The van der Waals surface area contributed by atoms with E-state index in [1.165, 1.54) is 5.56 Å². The van der Waals surface area contributed by atoms with Crippen LogP contribution in [0.25, 0.3) is 0 Å². The second-order valence-electron chi connectivity index (χ2n) is 5.89. The highest BCUT2D eigenvalue weighted by molar-refractivity contribution is 5.95. The Morgan fingerprint density at radius 3 is 2.52 bits per heavy atom. The van der Waals surface area contributed by atoms with Gasteiger partial charge in [0.15, 0.2) is 0 Å². The van der Waals surface area contributed by atoms with Crippen LogP contribution in [0.5, 0.6) is 0 Å². The molecule has 2 atom stereocenters. The molecule has 3 rings (SSSR count). The molecule has 0 unspecified atom stereocenters. The third kappa shape index (κ3) is 2.69. The van der Waals surface area contributed by atoms with E-state index in [-0.39, 0.29) is 18.0 Å². The van der Waals surface area contributed by atoms with Gasteiger partial charge in [0.1, 0.15) is 0 Å². The summed E-state index contributed by atoms with van der Waals surface area (Å²) < 4.78 is 0. The van der Waals surface area contributed by atoms with Crippen molar-refractivity contribution in [2.45, 2.75) is 32.4 Å². The Labute approximate surface area is 125 Å². The maximum atomic E-state index is 12.5. The van der Waals surface area contributed by atoms with Crippen LogP contribution in [0, 0.1) is 13.8 Å². The predicted octanol–water partition coefficient (Wildman–Crippen LogP) is 2.66. The quantitative estimate of drug-likeness (QED) is 0.888. The van der Waals surface area contributed by atoms with Crippen molar-refractivity contribution >= 4 is 5.91 Å². The Morgan fingerprint density at radius 1 is 1.14 bits per heavy atom. The van der Waals surface area contributed by atoms with Crippen molar-refractivity contribution in [1.29, 1.82) is 0 Å². The van der Waals surface area contributed by atoms with Crippen molar-refractivity contribution in [3.05, 3.63) is 70.3 Å². The average Bonchev–Trinajstić information content (AvgIpc) is 2.74. The van der Waals surface area contributed by atoms with Crippen LogP contribution in [0.2, 0.25) is 0 Å². The molecule has 2 aromatic rings. The Balaban J connectivity index is 1.85. The number of carbonyl (C=O) groups is 1. The number of carbonyl (C=O) groups excluding carboxylic acids is 1. The average molecular weight is 280 g/mol. The van der Waals surface area contributed by atoms with Gasteiger partial charge in [0.05, 0.1) is 6.04 Å². The SMILES string of the molecule is Cc1cc(C)cc(C(=O)N[C@@H]2c3ccccc3C[C@H]2N)c1. The lowest BCUT2D eigenvalue weighted by Crippen LogP contribution is -2.38. The third-order valence-electron chi connectivity index (χ3n) is 4.04. The summed E-state index contributed by atoms with van der Waals surface area (Å²) in [5, 5.41) is 3.09. The van der Waals surface area contributed by atoms with Crippen LogP contribution in [0.1, 0.15) is 38.7 Å². The number of hydrogen-bond donors (Lipinski definition) is 2. The van der Waals surface area contributed by atoms with Gasteiger partial charge in [0, 0.05) is 11.6 Å². The lowest BCUT2D eigenvalue weighted by atomic mass is 10.0. The van der Waals surface area contributed by atoms with E-state index in [0.29, 0.717) is 5.56 Å². The fourth-order valence-electron chi connectivity index (χ4n) is 3.14. The van der Waals surface area contributed by atoms with Gasteiger partial charge in [-0.15, -0.1) is 0 Å². The number of hydrogen-bond acceptors (Lipinski definition) is 2. The summed E-state index contributed by atoms with van der Waals surface area (Å²) in [5.74, 6) is -0.0565. The number of fused-ring (bicyclic) bond motifs is 1. The lowest BCUT2D eigenvalue weighted by molar-refractivity contribution is 0.0933. The lowest BCUT2D eigenvalue weighted by Gasteiger charge is -2.19. The fraction of sp³-hybridized carbons (Fsp3) is 0.278. The molecule has 21 heavy (non-hydrogen) atoms. The van der Waals surface area contributed by atoms with Crippen molar-refractivity contribution in [3.63, 3.8) is 0 Å². The Bertz CT molecular complexity index is 673. The zero-order chi connectivity index (χ0) is 15.0. The predicted molar refractivity (Wildman–Crippen MR) is 84.2 cm³/mol. The van der Waals surface area contributed by atoms with Crippen LogP contribution in [-0.4, -0.2) is 11.9 Å². The van der Waals surface area contributed by atoms with Crippen molar-refractivity contribution in [3.8, 4) is 0 Å². The highest BCUT2D eigenvalue weighted by Gasteiger charge is 2.30. The molecule has 3 N–H and O–H groups in total. The molecule has 0 heterocycles. The molecule has 0 fully saturated rings. The first-order valence-electron chi connectivity index (χ1n) is 7.27. The minimum Gasteiger partial charge on any atom is -0.344 e. The van der Waals surface area contributed by atoms with E-state index in [1.807, 2.05) is 38.1 Å². The van der Waals surface area contributed by atoms with Crippen LogP contribution in [0.15, 0.2) is 42.5 Å². The molecule has 0 aliphatic heterocycles. The van der Waals surface area contributed by atoms with Crippen LogP contribution >= 0.6 is 0 Å². The number of nitrogens with one attached hydrogen (secondary N) is 1. The minimum absolute atomic E-state index is 0.0565. The van der Waals surface area contributed by atoms with E-state index in [0.717, 1.165) is 23.1 Å². The van der Waals surface area contributed by atoms with E-state index in [1.54, 1.807) is 0 Å². The molecule has 3 nitrogen and oxygen atoms in total. The highest BCUT2D eigenvalue weighted by atomic mass is 16.1. The van der Waals surface area contributed by atoms with Crippen molar-refractivity contribution in [2.24, 2.45) is 5.73 Å². The van der Waals surface area contributed by atoms with Crippen LogP contribution < -0.4 is 11.1 Å². The van der Waals surface area contributed by atoms with E-state index < -0.39 is 0 Å². The van der Waals surface area contributed by atoms with Gasteiger partial charge in [-0.1, -0.05) is 41.5 Å². The molecule has 0 saturated carbocycles. The normalized spacial score (nSPS) is 20.1.